The van der Waals surface area contributed by atoms with Crippen LogP contribution in [-0.4, -0.2) is 62.4 Å². The maximum atomic E-state index is 5.67. The van der Waals surface area contributed by atoms with E-state index in [2.05, 4.69) is 29.9 Å². The standard InChI is InChI=1S/C12H18N8/c13-11-7-14-8-12(17-11)19-4-1-18(2-5-19)3-6-20-10-15-9-16-20/h7-10H,1-6H2,(H2,13,17). The first-order chi connectivity index (χ1) is 9.81. The zero-order chi connectivity index (χ0) is 13.8. The highest BCUT2D eigenvalue weighted by Gasteiger charge is 2.18. The molecule has 0 radical (unpaired) electrons. The Hall–Kier alpha value is -2.22. The molecule has 0 spiro atoms. The SMILES string of the molecule is Nc1cncc(N2CCN(CCn3cncn3)CC2)n1. The van der Waals surface area contributed by atoms with E-state index in [-0.39, 0.29) is 0 Å². The molecular formula is C12H18N8. The van der Waals surface area contributed by atoms with Crippen molar-refractivity contribution in [3.05, 3.63) is 25.0 Å². The Balaban J connectivity index is 1.49. The monoisotopic (exact) mass is 274 g/mol. The second kappa shape index (κ2) is 5.83. The van der Waals surface area contributed by atoms with Gasteiger partial charge in [0, 0.05) is 32.7 Å². The first kappa shape index (κ1) is 12.8. The number of hydrogen-bond acceptors (Lipinski definition) is 7. The van der Waals surface area contributed by atoms with E-state index in [1.165, 1.54) is 0 Å². The van der Waals surface area contributed by atoms with Gasteiger partial charge in [-0.25, -0.2) is 9.97 Å². The van der Waals surface area contributed by atoms with Crippen molar-refractivity contribution < 1.29 is 0 Å². The maximum absolute atomic E-state index is 5.67. The third-order valence-corrected chi connectivity index (χ3v) is 3.45. The van der Waals surface area contributed by atoms with E-state index in [0.717, 1.165) is 45.1 Å². The van der Waals surface area contributed by atoms with E-state index in [9.17, 15) is 0 Å². The van der Waals surface area contributed by atoms with Gasteiger partial charge in [0.15, 0.2) is 0 Å². The molecular weight excluding hydrogens is 256 g/mol. The Morgan fingerprint density at radius 3 is 2.60 bits per heavy atom. The van der Waals surface area contributed by atoms with Crippen LogP contribution in [0.2, 0.25) is 0 Å². The fraction of sp³-hybridized carbons (Fsp3) is 0.500. The lowest BCUT2D eigenvalue weighted by molar-refractivity contribution is 0.244. The highest BCUT2D eigenvalue weighted by Crippen LogP contribution is 2.13. The first-order valence-electron chi connectivity index (χ1n) is 6.68. The van der Waals surface area contributed by atoms with Crippen molar-refractivity contribution in [3.63, 3.8) is 0 Å². The lowest BCUT2D eigenvalue weighted by Gasteiger charge is -2.35. The van der Waals surface area contributed by atoms with Crippen molar-refractivity contribution in [2.45, 2.75) is 6.54 Å². The van der Waals surface area contributed by atoms with Crippen LogP contribution in [0.1, 0.15) is 0 Å². The average molecular weight is 274 g/mol. The molecule has 2 aromatic rings. The molecule has 0 aliphatic carbocycles. The van der Waals surface area contributed by atoms with Gasteiger partial charge < -0.3 is 10.6 Å². The molecule has 0 unspecified atom stereocenters. The molecule has 3 rings (SSSR count). The van der Waals surface area contributed by atoms with Crippen molar-refractivity contribution in [2.24, 2.45) is 0 Å². The van der Waals surface area contributed by atoms with Crippen LogP contribution in [0.15, 0.2) is 25.0 Å². The van der Waals surface area contributed by atoms with E-state index >= 15 is 0 Å². The summed E-state index contributed by atoms with van der Waals surface area (Å²) < 4.78 is 1.86. The second-order valence-electron chi connectivity index (χ2n) is 4.79. The molecule has 8 heteroatoms. The van der Waals surface area contributed by atoms with Crippen LogP contribution in [0.4, 0.5) is 11.6 Å². The molecule has 1 aliphatic rings. The van der Waals surface area contributed by atoms with Gasteiger partial charge >= 0.3 is 0 Å². The topological polar surface area (TPSA) is 89.0 Å². The Kier molecular flexibility index (Phi) is 3.73. The first-order valence-corrected chi connectivity index (χ1v) is 6.68. The van der Waals surface area contributed by atoms with E-state index in [1.54, 1.807) is 25.0 Å². The Labute approximate surface area is 117 Å². The summed E-state index contributed by atoms with van der Waals surface area (Å²) in [5.74, 6) is 1.33. The number of anilines is 2. The number of nitrogens with two attached hydrogens (primary N) is 1. The highest BCUT2D eigenvalue weighted by molar-refractivity contribution is 5.41. The van der Waals surface area contributed by atoms with E-state index in [4.69, 9.17) is 5.73 Å². The van der Waals surface area contributed by atoms with Crippen molar-refractivity contribution in [1.29, 1.82) is 0 Å². The molecule has 20 heavy (non-hydrogen) atoms. The molecule has 1 fully saturated rings. The molecule has 106 valence electrons. The number of rotatable bonds is 4. The number of aromatic nitrogens is 5. The minimum atomic E-state index is 0.469. The van der Waals surface area contributed by atoms with Gasteiger partial charge in [-0.15, -0.1) is 0 Å². The van der Waals surface area contributed by atoms with Crippen LogP contribution in [-0.2, 0) is 6.54 Å². The summed E-state index contributed by atoms with van der Waals surface area (Å²) >= 11 is 0. The molecule has 1 aliphatic heterocycles. The van der Waals surface area contributed by atoms with Gasteiger partial charge in [-0.2, -0.15) is 5.10 Å². The summed E-state index contributed by atoms with van der Waals surface area (Å²) in [5, 5.41) is 4.11. The Morgan fingerprint density at radius 1 is 1.05 bits per heavy atom. The van der Waals surface area contributed by atoms with Gasteiger partial charge in [-0.1, -0.05) is 0 Å². The zero-order valence-electron chi connectivity index (χ0n) is 11.3. The molecule has 0 bridgehead atoms. The second-order valence-corrected chi connectivity index (χ2v) is 4.79. The highest BCUT2D eigenvalue weighted by atomic mass is 15.3. The number of nitrogens with zero attached hydrogens (tertiary/aromatic N) is 7. The van der Waals surface area contributed by atoms with Gasteiger partial charge in [0.25, 0.3) is 0 Å². The van der Waals surface area contributed by atoms with Crippen molar-refractivity contribution >= 4 is 11.6 Å². The average Bonchev–Trinajstić information content (AvgIpc) is 2.99. The Morgan fingerprint density at radius 2 is 1.90 bits per heavy atom. The molecule has 0 amide bonds. The van der Waals surface area contributed by atoms with Crippen molar-refractivity contribution in [2.75, 3.05) is 43.4 Å². The fourth-order valence-electron chi connectivity index (χ4n) is 2.32. The third-order valence-electron chi connectivity index (χ3n) is 3.45. The molecule has 0 saturated carbocycles. The minimum Gasteiger partial charge on any atom is -0.382 e. The summed E-state index contributed by atoms with van der Waals surface area (Å²) in [4.78, 5) is 17.0. The largest absolute Gasteiger partial charge is 0.382 e. The molecule has 1 saturated heterocycles. The van der Waals surface area contributed by atoms with Crippen LogP contribution in [0.25, 0.3) is 0 Å². The van der Waals surface area contributed by atoms with Crippen LogP contribution in [0.3, 0.4) is 0 Å². The van der Waals surface area contributed by atoms with Gasteiger partial charge in [-0.05, 0) is 0 Å². The predicted octanol–water partition coefficient (Wildman–Crippen LogP) is -0.527. The van der Waals surface area contributed by atoms with E-state index in [1.807, 2.05) is 4.68 Å². The number of piperazine rings is 1. The summed E-state index contributed by atoms with van der Waals surface area (Å²) in [5.41, 5.74) is 5.67. The van der Waals surface area contributed by atoms with Gasteiger partial charge in [0.05, 0.1) is 18.9 Å². The summed E-state index contributed by atoms with van der Waals surface area (Å²) in [7, 11) is 0. The fourth-order valence-corrected chi connectivity index (χ4v) is 2.32. The van der Waals surface area contributed by atoms with E-state index in [0.29, 0.717) is 5.82 Å². The predicted molar refractivity (Wildman–Crippen MR) is 75.1 cm³/mol. The quantitative estimate of drug-likeness (QED) is 0.801. The number of nitrogen functional groups attached to an aromatic ring is 1. The lowest BCUT2D eigenvalue weighted by Crippen LogP contribution is -2.47. The molecule has 0 aromatic carbocycles. The van der Waals surface area contributed by atoms with Crippen LogP contribution in [0.5, 0.6) is 0 Å². The molecule has 2 N–H and O–H groups in total. The summed E-state index contributed by atoms with van der Waals surface area (Å²) in [6, 6.07) is 0. The summed E-state index contributed by atoms with van der Waals surface area (Å²) in [6.07, 6.45) is 6.65. The van der Waals surface area contributed by atoms with Crippen LogP contribution < -0.4 is 10.6 Å². The van der Waals surface area contributed by atoms with Crippen molar-refractivity contribution in [1.82, 2.24) is 29.6 Å². The molecule has 2 aromatic heterocycles. The van der Waals surface area contributed by atoms with Gasteiger partial charge in [-0.3, -0.25) is 14.6 Å². The van der Waals surface area contributed by atoms with Gasteiger partial charge in [0.2, 0.25) is 0 Å². The Bertz CT molecular complexity index is 532. The summed E-state index contributed by atoms with van der Waals surface area (Å²) in [6.45, 7) is 5.75. The number of hydrogen-bond donors (Lipinski definition) is 1. The van der Waals surface area contributed by atoms with E-state index < -0.39 is 0 Å². The van der Waals surface area contributed by atoms with Crippen LogP contribution >= 0.6 is 0 Å². The normalized spacial score (nSPS) is 16.5. The van der Waals surface area contributed by atoms with Crippen LogP contribution in [0, 0.1) is 0 Å². The van der Waals surface area contributed by atoms with Gasteiger partial charge in [0.1, 0.15) is 24.3 Å². The van der Waals surface area contributed by atoms with Crippen molar-refractivity contribution in [3.8, 4) is 0 Å². The third kappa shape index (κ3) is 3.02. The maximum Gasteiger partial charge on any atom is 0.149 e. The smallest absolute Gasteiger partial charge is 0.149 e. The minimum absolute atomic E-state index is 0.469. The molecule has 8 nitrogen and oxygen atoms in total. The molecule has 3 heterocycles. The zero-order valence-corrected chi connectivity index (χ0v) is 11.3. The molecule has 0 atom stereocenters. The lowest BCUT2D eigenvalue weighted by atomic mass is 10.3.